The van der Waals surface area contributed by atoms with E-state index in [1.54, 1.807) is 0 Å². The number of hydrogen-bond acceptors (Lipinski definition) is 2. The highest BCUT2D eigenvalue weighted by molar-refractivity contribution is 5.29. The van der Waals surface area contributed by atoms with Crippen LogP contribution in [0.3, 0.4) is 0 Å². The van der Waals surface area contributed by atoms with Crippen molar-refractivity contribution in [1.29, 1.82) is 0 Å². The molecule has 0 spiro atoms. The lowest BCUT2D eigenvalue weighted by Crippen LogP contribution is -2.28. The molecule has 1 saturated carbocycles. The van der Waals surface area contributed by atoms with Crippen molar-refractivity contribution in [2.24, 2.45) is 17.6 Å². The highest BCUT2D eigenvalue weighted by atomic mass is 16.5. The fraction of sp³-hybridized carbons (Fsp3) is 0.647. The van der Waals surface area contributed by atoms with Crippen LogP contribution in [0.2, 0.25) is 0 Å². The second-order valence-electron chi connectivity index (χ2n) is 6.09. The maximum absolute atomic E-state index is 6.10. The molecule has 1 aromatic rings. The Morgan fingerprint density at radius 3 is 2.42 bits per heavy atom. The molecule has 4 atom stereocenters. The Kier molecular flexibility index (Phi) is 4.87. The molecular weight excluding hydrogens is 234 g/mol. The van der Waals surface area contributed by atoms with Crippen LogP contribution in [0.4, 0.5) is 0 Å². The summed E-state index contributed by atoms with van der Waals surface area (Å²) in [4.78, 5) is 0. The summed E-state index contributed by atoms with van der Waals surface area (Å²) < 4.78 is 6.10. The highest BCUT2D eigenvalue weighted by Gasteiger charge is 2.25. The SMILES string of the molecule is CC[C@@H](N)c1ccc(OC2CCC(C)C(C)C2)cc1. The zero-order chi connectivity index (χ0) is 13.8. The van der Waals surface area contributed by atoms with E-state index in [1.807, 2.05) is 0 Å². The van der Waals surface area contributed by atoms with Crippen LogP contribution in [0.5, 0.6) is 5.75 Å². The molecular formula is C17H27NO. The lowest BCUT2D eigenvalue weighted by Gasteiger charge is -2.32. The molecule has 0 aromatic heterocycles. The first-order chi connectivity index (χ1) is 9.10. The Morgan fingerprint density at radius 1 is 1.16 bits per heavy atom. The third-order valence-corrected chi connectivity index (χ3v) is 4.60. The van der Waals surface area contributed by atoms with Crippen molar-refractivity contribution >= 4 is 0 Å². The van der Waals surface area contributed by atoms with Crippen LogP contribution < -0.4 is 10.5 Å². The molecule has 106 valence electrons. The fourth-order valence-corrected chi connectivity index (χ4v) is 2.83. The lowest BCUT2D eigenvalue weighted by atomic mass is 9.80. The van der Waals surface area contributed by atoms with Crippen LogP contribution in [0.1, 0.15) is 58.1 Å². The smallest absolute Gasteiger partial charge is 0.119 e. The van der Waals surface area contributed by atoms with E-state index in [0.717, 1.165) is 24.0 Å². The number of hydrogen-bond donors (Lipinski definition) is 1. The van der Waals surface area contributed by atoms with Crippen molar-refractivity contribution in [3.63, 3.8) is 0 Å². The van der Waals surface area contributed by atoms with E-state index in [2.05, 4.69) is 45.0 Å². The van der Waals surface area contributed by atoms with Gasteiger partial charge in [0, 0.05) is 6.04 Å². The number of benzene rings is 1. The van der Waals surface area contributed by atoms with Crippen molar-refractivity contribution in [1.82, 2.24) is 0 Å². The summed E-state index contributed by atoms with van der Waals surface area (Å²) in [6.45, 7) is 6.80. The highest BCUT2D eigenvalue weighted by Crippen LogP contribution is 2.32. The number of rotatable bonds is 4. The van der Waals surface area contributed by atoms with Gasteiger partial charge in [0.2, 0.25) is 0 Å². The molecule has 2 rings (SSSR count). The lowest BCUT2D eigenvalue weighted by molar-refractivity contribution is 0.101. The molecule has 1 fully saturated rings. The van der Waals surface area contributed by atoms with E-state index < -0.39 is 0 Å². The van der Waals surface area contributed by atoms with E-state index in [9.17, 15) is 0 Å². The first-order valence-electron chi connectivity index (χ1n) is 7.62. The largest absolute Gasteiger partial charge is 0.490 e. The Morgan fingerprint density at radius 2 is 1.84 bits per heavy atom. The van der Waals surface area contributed by atoms with Gasteiger partial charge in [-0.3, -0.25) is 0 Å². The molecule has 2 heteroatoms. The summed E-state index contributed by atoms with van der Waals surface area (Å²) in [6.07, 6.45) is 5.00. The van der Waals surface area contributed by atoms with Gasteiger partial charge >= 0.3 is 0 Å². The van der Waals surface area contributed by atoms with Gasteiger partial charge < -0.3 is 10.5 Å². The number of ether oxygens (including phenoxy) is 1. The molecule has 1 aromatic carbocycles. The van der Waals surface area contributed by atoms with Crippen LogP contribution in [0.15, 0.2) is 24.3 Å². The Hall–Kier alpha value is -1.02. The molecule has 2 nitrogen and oxygen atoms in total. The monoisotopic (exact) mass is 261 g/mol. The summed E-state index contributed by atoms with van der Waals surface area (Å²) in [5, 5.41) is 0. The minimum Gasteiger partial charge on any atom is -0.490 e. The minimum atomic E-state index is 0.143. The molecule has 1 aliphatic rings. The fourth-order valence-electron chi connectivity index (χ4n) is 2.83. The van der Waals surface area contributed by atoms with E-state index in [4.69, 9.17) is 10.5 Å². The van der Waals surface area contributed by atoms with Gasteiger partial charge in [-0.2, -0.15) is 0 Å². The zero-order valence-electron chi connectivity index (χ0n) is 12.4. The predicted molar refractivity (Wildman–Crippen MR) is 80.3 cm³/mol. The average molecular weight is 261 g/mol. The van der Waals surface area contributed by atoms with Crippen LogP contribution >= 0.6 is 0 Å². The molecule has 19 heavy (non-hydrogen) atoms. The molecule has 0 heterocycles. The molecule has 0 amide bonds. The van der Waals surface area contributed by atoms with Crippen LogP contribution in [0, 0.1) is 11.8 Å². The normalized spacial score (nSPS) is 28.9. The average Bonchev–Trinajstić information content (AvgIpc) is 2.43. The maximum atomic E-state index is 6.10. The van der Waals surface area contributed by atoms with Crippen LogP contribution in [0.25, 0.3) is 0 Å². The predicted octanol–water partition coefficient (Wildman–Crippen LogP) is 4.30. The summed E-state index contributed by atoms with van der Waals surface area (Å²) in [5.41, 5.74) is 7.22. The summed E-state index contributed by atoms with van der Waals surface area (Å²) in [7, 11) is 0. The zero-order valence-corrected chi connectivity index (χ0v) is 12.4. The van der Waals surface area contributed by atoms with E-state index in [0.29, 0.717) is 6.10 Å². The van der Waals surface area contributed by atoms with Crippen molar-refractivity contribution in [3.05, 3.63) is 29.8 Å². The topological polar surface area (TPSA) is 35.2 Å². The van der Waals surface area contributed by atoms with Gasteiger partial charge in [-0.25, -0.2) is 0 Å². The van der Waals surface area contributed by atoms with Crippen molar-refractivity contribution in [3.8, 4) is 5.75 Å². The molecule has 2 N–H and O–H groups in total. The second-order valence-corrected chi connectivity index (χ2v) is 6.09. The summed E-state index contributed by atoms with van der Waals surface area (Å²) >= 11 is 0. The van der Waals surface area contributed by atoms with E-state index in [1.165, 1.54) is 24.8 Å². The van der Waals surface area contributed by atoms with Crippen molar-refractivity contribution < 1.29 is 4.74 Å². The Bertz CT molecular complexity index is 387. The van der Waals surface area contributed by atoms with Crippen LogP contribution in [-0.4, -0.2) is 6.10 Å². The standard InChI is InChI=1S/C17H27NO/c1-4-17(18)14-6-9-15(10-7-14)19-16-8-5-12(2)13(3)11-16/h6-7,9-10,12-13,16-17H,4-5,8,11,18H2,1-3H3/t12?,13?,16?,17-/m1/s1. The molecule has 1 aliphatic carbocycles. The second kappa shape index (κ2) is 6.42. The molecule has 0 bridgehead atoms. The summed E-state index contributed by atoms with van der Waals surface area (Å²) in [5.74, 6) is 2.59. The maximum Gasteiger partial charge on any atom is 0.119 e. The minimum absolute atomic E-state index is 0.143. The number of nitrogens with two attached hydrogens (primary N) is 1. The third-order valence-electron chi connectivity index (χ3n) is 4.60. The van der Waals surface area contributed by atoms with Crippen molar-refractivity contribution in [2.45, 2.75) is 58.6 Å². The summed E-state index contributed by atoms with van der Waals surface area (Å²) in [6, 6.07) is 8.46. The third kappa shape index (κ3) is 3.73. The van der Waals surface area contributed by atoms with Gasteiger partial charge in [0.05, 0.1) is 6.10 Å². The van der Waals surface area contributed by atoms with Crippen LogP contribution in [-0.2, 0) is 0 Å². The van der Waals surface area contributed by atoms with Gasteiger partial charge in [0.1, 0.15) is 5.75 Å². The Labute approximate surface area is 117 Å². The van der Waals surface area contributed by atoms with E-state index >= 15 is 0 Å². The molecule has 0 radical (unpaired) electrons. The first kappa shape index (κ1) is 14.4. The quantitative estimate of drug-likeness (QED) is 0.877. The Balaban J connectivity index is 1.93. The van der Waals surface area contributed by atoms with E-state index in [-0.39, 0.29) is 6.04 Å². The van der Waals surface area contributed by atoms with Gasteiger partial charge in [0.25, 0.3) is 0 Å². The van der Waals surface area contributed by atoms with Gasteiger partial charge in [-0.1, -0.05) is 32.9 Å². The van der Waals surface area contributed by atoms with Gasteiger partial charge in [0.15, 0.2) is 0 Å². The van der Waals surface area contributed by atoms with Gasteiger partial charge in [-0.15, -0.1) is 0 Å². The molecule has 0 saturated heterocycles. The first-order valence-corrected chi connectivity index (χ1v) is 7.62. The van der Waals surface area contributed by atoms with Crippen molar-refractivity contribution in [2.75, 3.05) is 0 Å². The molecule has 3 unspecified atom stereocenters. The van der Waals surface area contributed by atoms with Gasteiger partial charge in [-0.05, 0) is 55.2 Å². The molecule has 0 aliphatic heterocycles.